The minimum Gasteiger partial charge on any atom is -0.452 e. The van der Waals surface area contributed by atoms with E-state index in [1.165, 1.54) is 30.5 Å². The number of benzene rings is 3. The van der Waals surface area contributed by atoms with E-state index in [-0.39, 0.29) is 21.3 Å². The van der Waals surface area contributed by atoms with Crippen LogP contribution in [-0.4, -0.2) is 24.7 Å². The first-order valence-corrected chi connectivity index (χ1v) is 10.1. The van der Waals surface area contributed by atoms with E-state index in [0.717, 1.165) is 23.2 Å². The largest absolute Gasteiger partial charge is 0.452 e. The van der Waals surface area contributed by atoms with Crippen molar-refractivity contribution in [3.63, 3.8) is 0 Å². The van der Waals surface area contributed by atoms with Crippen LogP contribution >= 0.6 is 23.2 Å². The Morgan fingerprint density at radius 2 is 1.67 bits per heavy atom. The van der Waals surface area contributed by atoms with E-state index in [1.54, 1.807) is 30.3 Å². The van der Waals surface area contributed by atoms with Crippen LogP contribution < -0.4 is 5.01 Å². The Morgan fingerprint density at radius 1 is 0.939 bits per heavy atom. The second-order valence-electron chi connectivity index (χ2n) is 6.61. The molecule has 0 N–H and O–H groups in total. The summed E-state index contributed by atoms with van der Waals surface area (Å²) in [5, 5.41) is 5.12. The van der Waals surface area contributed by atoms with E-state index in [2.05, 4.69) is 5.10 Å². The number of hydrogen-bond donors (Lipinski definition) is 0. The number of carbonyl (C=O) groups is 2. The van der Waals surface area contributed by atoms with Crippen LogP contribution in [0.2, 0.25) is 10.0 Å². The number of nitrogens with zero attached hydrogens (tertiary/aromatic N) is 2. The summed E-state index contributed by atoms with van der Waals surface area (Å²) < 4.78 is 44.5. The molecule has 0 fully saturated rings. The number of hydrogen-bond acceptors (Lipinski definition) is 4. The maximum absolute atomic E-state index is 13.2. The lowest BCUT2D eigenvalue weighted by Gasteiger charge is -2.18. The molecule has 5 nitrogen and oxygen atoms in total. The van der Waals surface area contributed by atoms with Crippen molar-refractivity contribution >= 4 is 47.0 Å². The second kappa shape index (κ2) is 10.5. The molecule has 0 spiro atoms. The number of rotatable bonds is 6. The number of hydrazone groups is 1. The van der Waals surface area contributed by atoms with Gasteiger partial charge in [0.15, 0.2) is 6.61 Å². The van der Waals surface area contributed by atoms with Gasteiger partial charge in [0.05, 0.1) is 33.1 Å². The Bertz CT molecular complexity index is 1190. The van der Waals surface area contributed by atoms with Crippen LogP contribution in [0.3, 0.4) is 0 Å². The van der Waals surface area contributed by atoms with Crippen molar-refractivity contribution in [1.29, 1.82) is 0 Å². The van der Waals surface area contributed by atoms with Gasteiger partial charge in [0.2, 0.25) is 0 Å². The number of halogens is 5. The number of anilines is 1. The minimum atomic E-state index is -4.62. The van der Waals surface area contributed by atoms with Crippen molar-refractivity contribution in [2.45, 2.75) is 6.18 Å². The number of alkyl halides is 3. The fraction of sp³-hybridized carbons (Fsp3) is 0.0870. The third-order valence-electron chi connectivity index (χ3n) is 4.26. The van der Waals surface area contributed by atoms with Crippen LogP contribution in [-0.2, 0) is 15.7 Å². The first-order valence-electron chi connectivity index (χ1n) is 9.36. The Balaban J connectivity index is 1.84. The molecule has 3 rings (SSSR count). The van der Waals surface area contributed by atoms with Crippen molar-refractivity contribution < 1.29 is 27.5 Å². The molecule has 170 valence electrons. The highest BCUT2D eigenvalue weighted by molar-refractivity contribution is 6.42. The van der Waals surface area contributed by atoms with Gasteiger partial charge in [-0.25, -0.2) is 4.79 Å². The molecule has 0 saturated heterocycles. The average molecular weight is 495 g/mol. The van der Waals surface area contributed by atoms with E-state index in [0.29, 0.717) is 5.56 Å². The van der Waals surface area contributed by atoms with Gasteiger partial charge in [0.25, 0.3) is 5.91 Å². The van der Waals surface area contributed by atoms with Crippen molar-refractivity contribution in [3.8, 4) is 0 Å². The normalized spacial score (nSPS) is 11.4. The maximum atomic E-state index is 13.2. The van der Waals surface area contributed by atoms with E-state index < -0.39 is 30.2 Å². The van der Waals surface area contributed by atoms with Crippen molar-refractivity contribution in [1.82, 2.24) is 0 Å². The molecule has 0 heterocycles. The van der Waals surface area contributed by atoms with E-state index in [4.69, 9.17) is 27.9 Å². The molecular formula is C23H15Cl2F3N2O3. The number of carbonyl (C=O) groups excluding carboxylic acids is 2. The first kappa shape index (κ1) is 24.3. The summed E-state index contributed by atoms with van der Waals surface area (Å²) in [5.41, 5.74) is -0.446. The SMILES string of the molecule is O=C(OCC(=O)N(/N=C/c1ccccc1)c1cccc(C(F)(F)F)c1)c1ccc(Cl)c(Cl)c1. The molecule has 0 atom stereocenters. The van der Waals surface area contributed by atoms with Gasteiger partial charge in [-0.3, -0.25) is 4.79 Å². The van der Waals surface area contributed by atoms with Gasteiger partial charge in [-0.2, -0.15) is 23.3 Å². The van der Waals surface area contributed by atoms with Crippen molar-refractivity contribution in [2.24, 2.45) is 5.10 Å². The third-order valence-corrected chi connectivity index (χ3v) is 5.00. The van der Waals surface area contributed by atoms with Crippen LogP contribution in [0.1, 0.15) is 21.5 Å². The fourth-order valence-electron chi connectivity index (χ4n) is 2.65. The Morgan fingerprint density at radius 3 is 2.33 bits per heavy atom. The third kappa shape index (κ3) is 6.57. The molecule has 0 aliphatic carbocycles. The minimum absolute atomic E-state index is 0.0515. The lowest BCUT2D eigenvalue weighted by molar-refractivity contribution is -0.137. The van der Waals surface area contributed by atoms with Crippen LogP contribution in [0.5, 0.6) is 0 Å². The Hall–Kier alpha value is -3.36. The van der Waals surface area contributed by atoms with Gasteiger partial charge in [-0.1, -0.05) is 59.6 Å². The molecule has 0 saturated carbocycles. The zero-order valence-corrected chi connectivity index (χ0v) is 18.2. The Labute approximate surface area is 197 Å². The number of amides is 1. The molecule has 0 aliphatic heterocycles. The van der Waals surface area contributed by atoms with Crippen LogP contribution in [0, 0.1) is 0 Å². The van der Waals surface area contributed by atoms with Gasteiger partial charge in [-0.05, 0) is 42.0 Å². The molecule has 3 aromatic carbocycles. The molecule has 0 bridgehead atoms. The molecule has 33 heavy (non-hydrogen) atoms. The van der Waals surface area contributed by atoms with E-state index >= 15 is 0 Å². The van der Waals surface area contributed by atoms with Crippen molar-refractivity contribution in [3.05, 3.63) is 99.5 Å². The highest BCUT2D eigenvalue weighted by Crippen LogP contribution is 2.32. The van der Waals surface area contributed by atoms with Gasteiger partial charge < -0.3 is 4.74 Å². The number of ether oxygens (including phenoxy) is 1. The molecule has 0 aromatic heterocycles. The summed E-state index contributed by atoms with van der Waals surface area (Å²) >= 11 is 11.7. The van der Waals surface area contributed by atoms with Gasteiger partial charge in [-0.15, -0.1) is 0 Å². The average Bonchev–Trinajstić information content (AvgIpc) is 2.79. The molecule has 0 unspecified atom stereocenters. The lowest BCUT2D eigenvalue weighted by atomic mass is 10.2. The van der Waals surface area contributed by atoms with Gasteiger partial charge in [0, 0.05) is 0 Å². The zero-order valence-electron chi connectivity index (χ0n) is 16.7. The molecule has 3 aromatic rings. The standard InChI is InChI=1S/C23H15Cl2F3N2O3/c24-19-10-9-16(11-20(19)25)22(32)33-14-21(31)30(29-13-15-5-2-1-3-6-15)18-8-4-7-17(12-18)23(26,27)28/h1-13H,14H2/b29-13+. The fourth-order valence-corrected chi connectivity index (χ4v) is 2.95. The van der Waals surface area contributed by atoms with Crippen molar-refractivity contribution in [2.75, 3.05) is 11.6 Å². The molecule has 0 radical (unpaired) electrons. The monoisotopic (exact) mass is 494 g/mol. The molecule has 10 heteroatoms. The predicted molar refractivity (Wildman–Crippen MR) is 120 cm³/mol. The van der Waals surface area contributed by atoms with Gasteiger partial charge >= 0.3 is 12.1 Å². The first-order chi connectivity index (χ1) is 15.6. The maximum Gasteiger partial charge on any atom is 0.416 e. The topological polar surface area (TPSA) is 59.0 Å². The van der Waals surface area contributed by atoms with Crippen LogP contribution in [0.25, 0.3) is 0 Å². The second-order valence-corrected chi connectivity index (χ2v) is 7.43. The Kier molecular flexibility index (Phi) is 7.73. The highest BCUT2D eigenvalue weighted by atomic mass is 35.5. The molecular weight excluding hydrogens is 480 g/mol. The predicted octanol–water partition coefficient (Wildman–Crippen LogP) is 6.24. The summed E-state index contributed by atoms with van der Waals surface area (Å²) in [5.74, 6) is -1.73. The lowest BCUT2D eigenvalue weighted by Crippen LogP contribution is -2.31. The number of esters is 1. The highest BCUT2D eigenvalue weighted by Gasteiger charge is 2.31. The van der Waals surface area contributed by atoms with E-state index in [9.17, 15) is 22.8 Å². The van der Waals surface area contributed by atoms with Gasteiger partial charge in [0.1, 0.15) is 0 Å². The molecule has 1 amide bonds. The van der Waals surface area contributed by atoms with E-state index in [1.807, 2.05) is 0 Å². The summed E-state index contributed by atoms with van der Waals surface area (Å²) in [7, 11) is 0. The quantitative estimate of drug-likeness (QED) is 0.231. The smallest absolute Gasteiger partial charge is 0.416 e. The summed E-state index contributed by atoms with van der Waals surface area (Å²) in [6, 6.07) is 16.7. The summed E-state index contributed by atoms with van der Waals surface area (Å²) in [4.78, 5) is 25.0. The summed E-state index contributed by atoms with van der Waals surface area (Å²) in [6.45, 7) is -0.776. The zero-order chi connectivity index (χ0) is 24.0. The van der Waals surface area contributed by atoms with Crippen LogP contribution in [0.15, 0.2) is 77.9 Å². The summed E-state index contributed by atoms with van der Waals surface area (Å²) in [6.07, 6.45) is -3.31. The van der Waals surface area contributed by atoms with Crippen LogP contribution in [0.4, 0.5) is 18.9 Å². The molecule has 0 aliphatic rings.